The van der Waals surface area contributed by atoms with Gasteiger partial charge in [0.25, 0.3) is 0 Å². The third-order valence-corrected chi connectivity index (χ3v) is 4.20. The number of aromatic nitrogens is 2. The van der Waals surface area contributed by atoms with Crippen LogP contribution in [-0.2, 0) is 6.42 Å². The Bertz CT molecular complexity index is 573. The average molecular weight is 271 g/mol. The SMILES string of the molecule is Cc1ccc(-c2c(N)n[nH]c2CC(C)C(C)(C)C)cc1. The summed E-state index contributed by atoms with van der Waals surface area (Å²) in [4.78, 5) is 0. The number of nitrogens with zero attached hydrogens (tertiary/aromatic N) is 1. The molecule has 0 spiro atoms. The summed E-state index contributed by atoms with van der Waals surface area (Å²) in [7, 11) is 0. The molecule has 108 valence electrons. The number of hydrogen-bond acceptors (Lipinski definition) is 2. The predicted octanol–water partition coefficient (Wildman–Crippen LogP) is 4.19. The van der Waals surface area contributed by atoms with Gasteiger partial charge in [0.05, 0.1) is 0 Å². The number of hydrogen-bond donors (Lipinski definition) is 2. The van der Waals surface area contributed by atoms with E-state index >= 15 is 0 Å². The van der Waals surface area contributed by atoms with E-state index in [0.29, 0.717) is 11.7 Å². The van der Waals surface area contributed by atoms with Crippen LogP contribution in [0.15, 0.2) is 24.3 Å². The largest absolute Gasteiger partial charge is 0.382 e. The maximum atomic E-state index is 6.05. The third-order valence-electron chi connectivity index (χ3n) is 4.20. The topological polar surface area (TPSA) is 54.7 Å². The molecular weight excluding hydrogens is 246 g/mol. The minimum absolute atomic E-state index is 0.268. The molecule has 0 amide bonds. The molecule has 3 N–H and O–H groups in total. The highest BCUT2D eigenvalue weighted by Crippen LogP contribution is 2.34. The zero-order valence-electron chi connectivity index (χ0n) is 13.1. The lowest BCUT2D eigenvalue weighted by Gasteiger charge is -2.27. The van der Waals surface area contributed by atoms with Crippen LogP contribution in [-0.4, -0.2) is 10.2 Å². The van der Waals surface area contributed by atoms with Gasteiger partial charge in [-0.15, -0.1) is 0 Å². The molecule has 20 heavy (non-hydrogen) atoms. The maximum absolute atomic E-state index is 6.05. The van der Waals surface area contributed by atoms with Crippen molar-refractivity contribution in [3.05, 3.63) is 35.5 Å². The van der Waals surface area contributed by atoms with Crippen LogP contribution in [0.25, 0.3) is 11.1 Å². The van der Waals surface area contributed by atoms with Gasteiger partial charge in [0.1, 0.15) is 0 Å². The van der Waals surface area contributed by atoms with Gasteiger partial charge in [0.2, 0.25) is 0 Å². The van der Waals surface area contributed by atoms with Crippen LogP contribution in [0.1, 0.15) is 39.0 Å². The average Bonchev–Trinajstić information content (AvgIpc) is 2.71. The summed E-state index contributed by atoms with van der Waals surface area (Å²) >= 11 is 0. The summed E-state index contributed by atoms with van der Waals surface area (Å²) in [5.74, 6) is 1.14. The van der Waals surface area contributed by atoms with Crippen molar-refractivity contribution < 1.29 is 0 Å². The number of rotatable bonds is 3. The van der Waals surface area contributed by atoms with E-state index in [9.17, 15) is 0 Å². The summed E-state index contributed by atoms with van der Waals surface area (Å²) in [5, 5.41) is 7.32. The second-order valence-electron chi connectivity index (χ2n) is 6.80. The first-order chi connectivity index (χ1) is 9.29. The number of aromatic amines is 1. The second-order valence-corrected chi connectivity index (χ2v) is 6.80. The van der Waals surface area contributed by atoms with E-state index < -0.39 is 0 Å². The molecule has 0 aliphatic carbocycles. The first kappa shape index (κ1) is 14.6. The number of nitrogens with two attached hydrogens (primary N) is 1. The monoisotopic (exact) mass is 271 g/mol. The second kappa shape index (κ2) is 5.31. The van der Waals surface area contributed by atoms with Crippen molar-refractivity contribution >= 4 is 5.82 Å². The Hall–Kier alpha value is -1.77. The molecule has 0 radical (unpaired) electrons. The molecule has 0 fully saturated rings. The molecule has 2 rings (SSSR count). The predicted molar refractivity (Wildman–Crippen MR) is 85.5 cm³/mol. The highest BCUT2D eigenvalue weighted by molar-refractivity contribution is 5.76. The molecule has 0 aliphatic heterocycles. The Morgan fingerprint density at radius 2 is 1.80 bits per heavy atom. The molecule has 3 nitrogen and oxygen atoms in total. The molecule has 3 heteroatoms. The fourth-order valence-corrected chi connectivity index (χ4v) is 2.20. The van der Waals surface area contributed by atoms with Crippen molar-refractivity contribution in [2.75, 3.05) is 5.73 Å². The van der Waals surface area contributed by atoms with Gasteiger partial charge >= 0.3 is 0 Å². The Kier molecular flexibility index (Phi) is 3.89. The Morgan fingerprint density at radius 3 is 2.35 bits per heavy atom. The molecule has 1 unspecified atom stereocenters. The van der Waals surface area contributed by atoms with E-state index in [1.807, 2.05) is 0 Å². The Morgan fingerprint density at radius 1 is 1.20 bits per heavy atom. The summed E-state index contributed by atoms with van der Waals surface area (Å²) in [6.45, 7) is 11.2. The maximum Gasteiger partial charge on any atom is 0.153 e. The first-order valence-electron chi connectivity index (χ1n) is 7.19. The molecule has 1 aromatic carbocycles. The Labute approximate surface area is 121 Å². The standard InChI is InChI=1S/C17H25N3/c1-11-6-8-13(9-7-11)15-14(19-20-16(15)18)10-12(2)17(3,4)5/h6-9,12H,10H2,1-5H3,(H3,18,19,20). The molecule has 0 saturated heterocycles. The van der Waals surface area contributed by atoms with Crippen LogP contribution >= 0.6 is 0 Å². The zero-order chi connectivity index (χ0) is 14.9. The lowest BCUT2D eigenvalue weighted by Crippen LogP contribution is -2.19. The number of aryl methyl sites for hydroxylation is 1. The summed E-state index contributed by atoms with van der Waals surface area (Å²) < 4.78 is 0. The number of nitrogens with one attached hydrogen (secondary N) is 1. The van der Waals surface area contributed by atoms with Gasteiger partial charge in [0, 0.05) is 11.3 Å². The van der Waals surface area contributed by atoms with E-state index in [-0.39, 0.29) is 5.41 Å². The quantitative estimate of drug-likeness (QED) is 0.879. The van der Waals surface area contributed by atoms with E-state index in [1.54, 1.807) is 0 Å². The van der Waals surface area contributed by atoms with Crippen LogP contribution in [0, 0.1) is 18.3 Å². The van der Waals surface area contributed by atoms with Crippen LogP contribution in [0.4, 0.5) is 5.82 Å². The number of nitrogen functional groups attached to an aromatic ring is 1. The van der Waals surface area contributed by atoms with Crippen LogP contribution in [0.3, 0.4) is 0 Å². The number of benzene rings is 1. The number of anilines is 1. The van der Waals surface area contributed by atoms with Gasteiger partial charge in [-0.1, -0.05) is 57.5 Å². The molecule has 1 aromatic heterocycles. The third kappa shape index (κ3) is 3.03. The van der Waals surface area contributed by atoms with Crippen molar-refractivity contribution in [3.63, 3.8) is 0 Å². The summed E-state index contributed by atoms with van der Waals surface area (Å²) in [6, 6.07) is 8.45. The van der Waals surface area contributed by atoms with Gasteiger partial charge in [-0.25, -0.2) is 0 Å². The molecule has 0 bridgehead atoms. The van der Waals surface area contributed by atoms with Crippen molar-refractivity contribution in [1.82, 2.24) is 10.2 Å². The molecule has 2 aromatic rings. The number of H-pyrrole nitrogens is 1. The summed E-state index contributed by atoms with van der Waals surface area (Å²) in [6.07, 6.45) is 0.955. The van der Waals surface area contributed by atoms with Gasteiger partial charge in [-0.05, 0) is 30.2 Å². The van der Waals surface area contributed by atoms with Gasteiger partial charge in [-0.3, -0.25) is 5.10 Å². The van der Waals surface area contributed by atoms with Crippen molar-refractivity contribution in [3.8, 4) is 11.1 Å². The molecule has 1 heterocycles. The highest BCUT2D eigenvalue weighted by atomic mass is 15.2. The van der Waals surface area contributed by atoms with Crippen LogP contribution in [0.2, 0.25) is 0 Å². The smallest absolute Gasteiger partial charge is 0.153 e. The normalized spacial score (nSPS) is 13.4. The lowest BCUT2D eigenvalue weighted by atomic mass is 9.79. The van der Waals surface area contributed by atoms with Crippen LogP contribution < -0.4 is 5.73 Å². The highest BCUT2D eigenvalue weighted by Gasteiger charge is 2.23. The minimum atomic E-state index is 0.268. The van der Waals surface area contributed by atoms with Gasteiger partial charge in [0.15, 0.2) is 5.82 Å². The molecule has 1 atom stereocenters. The molecule has 0 saturated carbocycles. The lowest BCUT2D eigenvalue weighted by molar-refractivity contribution is 0.258. The fourth-order valence-electron chi connectivity index (χ4n) is 2.20. The minimum Gasteiger partial charge on any atom is -0.382 e. The van der Waals surface area contributed by atoms with E-state index in [1.165, 1.54) is 5.56 Å². The summed E-state index contributed by atoms with van der Waals surface area (Å²) in [5.41, 5.74) is 10.9. The van der Waals surface area contributed by atoms with Crippen molar-refractivity contribution in [1.29, 1.82) is 0 Å². The van der Waals surface area contributed by atoms with E-state index in [0.717, 1.165) is 23.2 Å². The van der Waals surface area contributed by atoms with Crippen molar-refractivity contribution in [2.24, 2.45) is 11.3 Å². The first-order valence-corrected chi connectivity index (χ1v) is 7.19. The molecule has 0 aliphatic rings. The van der Waals surface area contributed by atoms with E-state index in [2.05, 4.69) is 69.1 Å². The van der Waals surface area contributed by atoms with Crippen molar-refractivity contribution in [2.45, 2.75) is 41.0 Å². The fraction of sp³-hybridized carbons (Fsp3) is 0.471. The zero-order valence-corrected chi connectivity index (χ0v) is 13.1. The van der Waals surface area contributed by atoms with E-state index in [4.69, 9.17) is 5.73 Å². The van der Waals surface area contributed by atoms with Gasteiger partial charge in [-0.2, -0.15) is 5.10 Å². The molecular formula is C17H25N3. The van der Waals surface area contributed by atoms with Gasteiger partial charge < -0.3 is 5.73 Å². The Balaban J connectivity index is 2.35. The van der Waals surface area contributed by atoms with Crippen LogP contribution in [0.5, 0.6) is 0 Å².